The van der Waals surface area contributed by atoms with Gasteiger partial charge in [-0.3, -0.25) is 19.2 Å². The summed E-state index contributed by atoms with van der Waals surface area (Å²) in [6.45, 7) is 0. The standard InChI is InChI=1S/C40H24N6O4S2/c41-25-7-1-21(2-8-25)23-5-11-27-29(17-23)39(49)45(37(27)47)33-19-32(36-44-14-16-52-36)34(20-31(33)35-43-13-15-51-35)46-38(48)28-12-6-24(18-30(28)40(46)50)22-3-9-26(42)10-4-22/h1-20H,41-42H2. The molecule has 0 atom stereocenters. The molecule has 2 aliphatic rings. The number of carbonyl (C=O) groups is 4. The van der Waals surface area contributed by atoms with Gasteiger partial charge >= 0.3 is 0 Å². The second-order valence-corrected chi connectivity index (χ2v) is 14.0. The zero-order chi connectivity index (χ0) is 35.7. The van der Waals surface area contributed by atoms with E-state index >= 15 is 0 Å². The summed E-state index contributed by atoms with van der Waals surface area (Å²) in [7, 11) is 0. The van der Waals surface area contributed by atoms with Gasteiger partial charge in [0.25, 0.3) is 23.6 Å². The van der Waals surface area contributed by atoms with Crippen molar-refractivity contribution in [3.63, 3.8) is 0 Å². The molecule has 0 fully saturated rings. The minimum atomic E-state index is -0.510. The first-order valence-corrected chi connectivity index (χ1v) is 17.8. The number of thiazole rings is 2. The summed E-state index contributed by atoms with van der Waals surface area (Å²) in [6.07, 6.45) is 3.22. The summed E-state index contributed by atoms with van der Waals surface area (Å²) in [6, 6.07) is 28.1. The van der Waals surface area contributed by atoms with Crippen LogP contribution >= 0.6 is 22.7 Å². The Labute approximate surface area is 304 Å². The number of imide groups is 2. The predicted molar refractivity (Wildman–Crippen MR) is 204 cm³/mol. The number of rotatable bonds is 6. The second kappa shape index (κ2) is 11.9. The van der Waals surface area contributed by atoms with Crippen LogP contribution in [0.15, 0.2) is 120 Å². The molecule has 7 aromatic rings. The number of nitrogens with two attached hydrogens (primary N) is 2. The Morgan fingerprint density at radius 3 is 1.15 bits per heavy atom. The van der Waals surface area contributed by atoms with Crippen molar-refractivity contribution in [2.45, 2.75) is 0 Å². The maximum absolute atomic E-state index is 14.3. The molecule has 4 N–H and O–H groups in total. The first-order valence-electron chi connectivity index (χ1n) is 16.0. The highest BCUT2D eigenvalue weighted by Gasteiger charge is 2.42. The van der Waals surface area contributed by atoms with E-state index in [2.05, 4.69) is 9.97 Å². The third-order valence-corrected chi connectivity index (χ3v) is 10.8. The Morgan fingerprint density at radius 2 is 0.788 bits per heavy atom. The topological polar surface area (TPSA) is 153 Å². The summed E-state index contributed by atoms with van der Waals surface area (Å²) < 4.78 is 0. The van der Waals surface area contributed by atoms with Crippen molar-refractivity contribution < 1.29 is 19.2 Å². The largest absolute Gasteiger partial charge is 0.399 e. The van der Waals surface area contributed by atoms with Crippen LogP contribution in [0.4, 0.5) is 22.7 Å². The second-order valence-electron chi connectivity index (χ2n) is 12.2. The Hall–Kier alpha value is -6.76. The van der Waals surface area contributed by atoms with Gasteiger partial charge in [0.1, 0.15) is 10.0 Å². The number of nitrogen functional groups attached to an aromatic ring is 2. The first kappa shape index (κ1) is 31.2. The average molecular weight is 717 g/mol. The van der Waals surface area contributed by atoms with Crippen molar-refractivity contribution in [1.29, 1.82) is 0 Å². The minimum Gasteiger partial charge on any atom is -0.399 e. The number of benzene rings is 5. The highest BCUT2D eigenvalue weighted by Crippen LogP contribution is 2.46. The fraction of sp³-hybridized carbons (Fsp3) is 0. The van der Waals surface area contributed by atoms with Gasteiger partial charge < -0.3 is 11.5 Å². The van der Waals surface area contributed by atoms with E-state index < -0.39 is 23.6 Å². The van der Waals surface area contributed by atoms with Gasteiger partial charge in [-0.15, -0.1) is 22.7 Å². The number of aromatic nitrogens is 2. The summed E-state index contributed by atoms with van der Waals surface area (Å²) in [4.78, 5) is 68.0. The van der Waals surface area contributed by atoms with Crippen molar-refractivity contribution in [1.82, 2.24) is 9.97 Å². The van der Waals surface area contributed by atoms with Gasteiger partial charge in [0.2, 0.25) is 0 Å². The molecule has 9 rings (SSSR count). The molecule has 4 heterocycles. The van der Waals surface area contributed by atoms with Gasteiger partial charge in [0.15, 0.2) is 0 Å². The highest BCUT2D eigenvalue weighted by molar-refractivity contribution is 7.13. The molecule has 10 nitrogen and oxygen atoms in total. The zero-order valence-electron chi connectivity index (χ0n) is 26.9. The van der Waals surface area contributed by atoms with Crippen LogP contribution in [-0.2, 0) is 0 Å². The van der Waals surface area contributed by atoms with Crippen molar-refractivity contribution in [2.75, 3.05) is 21.3 Å². The third kappa shape index (κ3) is 4.92. The molecule has 2 aliphatic heterocycles. The Kier molecular flexibility index (Phi) is 7.17. The molecule has 250 valence electrons. The minimum absolute atomic E-state index is 0.251. The molecule has 2 aromatic heterocycles. The zero-order valence-corrected chi connectivity index (χ0v) is 28.6. The first-order chi connectivity index (χ1) is 25.3. The van der Waals surface area contributed by atoms with Crippen LogP contribution in [0.2, 0.25) is 0 Å². The van der Waals surface area contributed by atoms with Crippen molar-refractivity contribution in [3.05, 3.63) is 142 Å². The van der Waals surface area contributed by atoms with E-state index in [0.717, 1.165) is 32.1 Å². The lowest BCUT2D eigenvalue weighted by Crippen LogP contribution is -2.32. The lowest BCUT2D eigenvalue weighted by atomic mass is 10.00. The van der Waals surface area contributed by atoms with E-state index in [9.17, 15) is 19.2 Å². The molecule has 5 aromatic carbocycles. The van der Waals surface area contributed by atoms with Crippen LogP contribution < -0.4 is 21.3 Å². The predicted octanol–water partition coefficient (Wildman–Crippen LogP) is 8.03. The maximum atomic E-state index is 14.3. The molecule has 0 bridgehead atoms. The molecular weight excluding hydrogens is 693 g/mol. The van der Waals surface area contributed by atoms with Crippen molar-refractivity contribution in [3.8, 4) is 43.4 Å². The number of anilines is 4. The fourth-order valence-electron chi connectivity index (χ4n) is 6.63. The maximum Gasteiger partial charge on any atom is 0.266 e. The van der Waals surface area contributed by atoms with Gasteiger partial charge in [-0.2, -0.15) is 0 Å². The molecular formula is C40H24N6O4S2. The van der Waals surface area contributed by atoms with Crippen LogP contribution in [0.25, 0.3) is 43.4 Å². The van der Waals surface area contributed by atoms with Crippen LogP contribution in [-0.4, -0.2) is 33.6 Å². The molecule has 0 spiro atoms. The molecule has 12 heteroatoms. The van der Waals surface area contributed by atoms with Gasteiger partial charge in [-0.05, 0) is 82.9 Å². The van der Waals surface area contributed by atoms with E-state index in [1.165, 1.54) is 22.7 Å². The van der Waals surface area contributed by atoms with Gasteiger partial charge in [-0.1, -0.05) is 36.4 Å². The molecule has 0 saturated heterocycles. The Balaban J connectivity index is 1.18. The number of amides is 4. The fourth-order valence-corrected chi connectivity index (χ4v) is 7.96. The molecule has 0 radical (unpaired) electrons. The molecule has 4 amide bonds. The Bertz CT molecular complexity index is 2440. The van der Waals surface area contributed by atoms with Crippen LogP contribution in [0, 0.1) is 0 Å². The lowest BCUT2D eigenvalue weighted by molar-refractivity contribution is 0.0909. The lowest BCUT2D eigenvalue weighted by Gasteiger charge is -2.23. The summed E-state index contributed by atoms with van der Waals surface area (Å²) in [5, 5.41) is 4.53. The van der Waals surface area contributed by atoms with E-state index in [1.54, 1.807) is 96.0 Å². The quantitative estimate of drug-likeness (QED) is 0.130. The summed E-state index contributed by atoms with van der Waals surface area (Å²) in [5.74, 6) is -2.03. The van der Waals surface area contributed by atoms with Gasteiger partial charge in [0, 0.05) is 45.7 Å². The summed E-state index contributed by atoms with van der Waals surface area (Å²) >= 11 is 2.60. The molecule has 52 heavy (non-hydrogen) atoms. The van der Waals surface area contributed by atoms with Gasteiger partial charge in [0.05, 0.1) is 33.6 Å². The molecule has 0 saturated carbocycles. The number of fused-ring (bicyclic) bond motifs is 2. The third-order valence-electron chi connectivity index (χ3n) is 9.18. The Morgan fingerprint density at radius 1 is 0.423 bits per heavy atom. The van der Waals surface area contributed by atoms with E-state index in [0.29, 0.717) is 32.5 Å². The highest BCUT2D eigenvalue weighted by atomic mass is 32.1. The SMILES string of the molecule is Nc1ccc(-c2ccc3c(c2)C(=O)N(c2cc(-c4nccs4)c(N4C(=O)c5ccc(-c6ccc(N)cc6)cc5C4=O)cc2-c2nccs2)C3=O)cc1. The van der Waals surface area contributed by atoms with E-state index in [-0.39, 0.29) is 33.6 Å². The number of hydrogen-bond donors (Lipinski definition) is 2. The van der Waals surface area contributed by atoms with Crippen molar-refractivity contribution in [2.24, 2.45) is 0 Å². The molecule has 0 unspecified atom stereocenters. The monoisotopic (exact) mass is 716 g/mol. The smallest absolute Gasteiger partial charge is 0.266 e. The van der Waals surface area contributed by atoms with Gasteiger partial charge in [-0.25, -0.2) is 19.8 Å². The summed E-state index contributed by atoms with van der Waals surface area (Å²) in [5.41, 5.74) is 18.5. The van der Waals surface area contributed by atoms with Crippen molar-refractivity contribution >= 4 is 69.1 Å². The molecule has 0 aliphatic carbocycles. The van der Waals surface area contributed by atoms with Crippen LogP contribution in [0.3, 0.4) is 0 Å². The van der Waals surface area contributed by atoms with Crippen LogP contribution in [0.5, 0.6) is 0 Å². The normalized spacial score (nSPS) is 13.6. The number of nitrogens with zero attached hydrogens (tertiary/aromatic N) is 4. The van der Waals surface area contributed by atoms with Crippen LogP contribution in [0.1, 0.15) is 41.4 Å². The van der Waals surface area contributed by atoms with E-state index in [1.807, 2.05) is 24.3 Å². The van der Waals surface area contributed by atoms with E-state index in [4.69, 9.17) is 11.5 Å². The average Bonchev–Trinajstić information content (AvgIpc) is 3.98. The number of hydrogen-bond acceptors (Lipinski definition) is 10. The number of carbonyl (C=O) groups excluding carboxylic acids is 4.